The van der Waals surface area contributed by atoms with E-state index in [9.17, 15) is 19.1 Å². The molecule has 136 valence electrons. The van der Waals surface area contributed by atoms with E-state index in [2.05, 4.69) is 0 Å². The van der Waals surface area contributed by atoms with Gasteiger partial charge in [-0.1, -0.05) is 36.4 Å². The summed E-state index contributed by atoms with van der Waals surface area (Å²) < 4.78 is 29.4. The number of hydrogen-bond donors (Lipinski definition) is 1. The Morgan fingerprint density at radius 3 is 2.08 bits per heavy atom. The van der Waals surface area contributed by atoms with E-state index in [-0.39, 0.29) is 12.2 Å². The lowest BCUT2D eigenvalue weighted by Gasteiger charge is -2.19. The van der Waals surface area contributed by atoms with E-state index in [0.717, 1.165) is 0 Å². The van der Waals surface area contributed by atoms with E-state index in [1.165, 1.54) is 12.1 Å². The number of alkyl halides is 1. The highest BCUT2D eigenvalue weighted by Gasteiger charge is 2.47. The van der Waals surface area contributed by atoms with Crippen molar-refractivity contribution in [3.63, 3.8) is 0 Å². The molecule has 1 saturated heterocycles. The van der Waals surface area contributed by atoms with Gasteiger partial charge in [0.1, 0.15) is 12.7 Å². The zero-order chi connectivity index (χ0) is 18.5. The minimum Gasteiger partial charge on any atom is -0.459 e. The number of aliphatic hydroxyl groups excluding tert-OH is 1. The summed E-state index contributed by atoms with van der Waals surface area (Å²) in [6.45, 7) is -0.363. The van der Waals surface area contributed by atoms with Crippen LogP contribution in [0.2, 0.25) is 0 Å². The average molecular weight is 360 g/mol. The van der Waals surface area contributed by atoms with Gasteiger partial charge in [0.2, 0.25) is 0 Å². The molecule has 1 aliphatic heterocycles. The third-order valence-corrected chi connectivity index (χ3v) is 3.91. The molecule has 0 amide bonds. The largest absolute Gasteiger partial charge is 0.459 e. The van der Waals surface area contributed by atoms with Gasteiger partial charge < -0.3 is 19.3 Å². The molecular formula is C19H17FO6. The van der Waals surface area contributed by atoms with Gasteiger partial charge in [-0.25, -0.2) is 14.0 Å². The Morgan fingerprint density at radius 2 is 1.50 bits per heavy atom. The minimum absolute atomic E-state index is 0.237. The van der Waals surface area contributed by atoms with E-state index in [1.807, 2.05) is 0 Å². The number of halogens is 1. The summed E-state index contributed by atoms with van der Waals surface area (Å²) in [6, 6.07) is 16.3. The Morgan fingerprint density at radius 1 is 0.962 bits per heavy atom. The van der Waals surface area contributed by atoms with Gasteiger partial charge in [-0.05, 0) is 24.3 Å². The molecule has 2 aromatic rings. The second kappa shape index (κ2) is 8.07. The molecule has 1 heterocycles. The van der Waals surface area contributed by atoms with Gasteiger partial charge in [-0.2, -0.15) is 0 Å². The molecule has 0 aromatic heterocycles. The first-order valence-corrected chi connectivity index (χ1v) is 8.02. The Kier molecular flexibility index (Phi) is 5.60. The maximum absolute atomic E-state index is 14.2. The lowest BCUT2D eigenvalue weighted by atomic mass is 10.1. The highest BCUT2D eigenvalue weighted by atomic mass is 19.1. The molecule has 1 fully saturated rings. The number of esters is 2. The molecule has 0 saturated carbocycles. The number of carbonyl (C=O) groups is 2. The van der Waals surface area contributed by atoms with Crippen LogP contribution in [0.15, 0.2) is 60.7 Å². The summed E-state index contributed by atoms with van der Waals surface area (Å²) in [6.07, 6.45) is -6.20. The number of hydrogen-bond acceptors (Lipinski definition) is 6. The Labute approximate surface area is 149 Å². The number of carbonyl (C=O) groups excluding carboxylic acids is 2. The van der Waals surface area contributed by atoms with Crippen molar-refractivity contribution < 1.29 is 33.3 Å². The van der Waals surface area contributed by atoms with Crippen molar-refractivity contribution in [1.29, 1.82) is 0 Å². The topological polar surface area (TPSA) is 82.1 Å². The maximum atomic E-state index is 14.2. The number of ether oxygens (including phenoxy) is 3. The van der Waals surface area contributed by atoms with Crippen LogP contribution in [0.5, 0.6) is 0 Å². The van der Waals surface area contributed by atoms with E-state index in [0.29, 0.717) is 5.56 Å². The lowest BCUT2D eigenvalue weighted by Crippen LogP contribution is -2.37. The zero-order valence-electron chi connectivity index (χ0n) is 13.7. The standard InChI is InChI=1S/C19H17FO6/c20-15-16(26-18(22)13-9-5-2-6-10-13)14(25-19(15)23)11-24-17(21)12-7-3-1-4-8-12/h1-10,14-16,19,23H,11H2/t14-,15+,16?,19-/m1/s1. The van der Waals surface area contributed by atoms with Gasteiger partial charge in [0.05, 0.1) is 11.1 Å². The molecule has 0 radical (unpaired) electrons. The van der Waals surface area contributed by atoms with Gasteiger partial charge in [-0.3, -0.25) is 0 Å². The molecule has 3 rings (SSSR count). The van der Waals surface area contributed by atoms with Crippen LogP contribution in [0, 0.1) is 0 Å². The second-order valence-electron chi connectivity index (χ2n) is 5.71. The smallest absolute Gasteiger partial charge is 0.338 e. The first-order chi connectivity index (χ1) is 12.6. The van der Waals surface area contributed by atoms with Gasteiger partial charge in [0, 0.05) is 0 Å². The van der Waals surface area contributed by atoms with Crippen molar-refractivity contribution in [2.24, 2.45) is 0 Å². The van der Waals surface area contributed by atoms with Crippen LogP contribution in [0.4, 0.5) is 4.39 Å². The summed E-state index contributed by atoms with van der Waals surface area (Å²) >= 11 is 0. The molecule has 2 aromatic carbocycles. The third-order valence-electron chi connectivity index (χ3n) is 3.91. The van der Waals surface area contributed by atoms with Gasteiger partial charge in [0.15, 0.2) is 18.6 Å². The molecule has 4 atom stereocenters. The molecule has 6 nitrogen and oxygen atoms in total. The molecule has 0 aliphatic carbocycles. The number of rotatable bonds is 5. The normalized spacial score (nSPS) is 24.8. The monoisotopic (exact) mass is 360 g/mol. The lowest BCUT2D eigenvalue weighted by molar-refractivity contribution is -0.122. The molecule has 1 unspecified atom stereocenters. The molecular weight excluding hydrogens is 343 g/mol. The van der Waals surface area contributed by atoms with Crippen LogP contribution in [0.25, 0.3) is 0 Å². The predicted molar refractivity (Wildman–Crippen MR) is 88.1 cm³/mol. The van der Waals surface area contributed by atoms with Crippen molar-refractivity contribution in [2.75, 3.05) is 6.61 Å². The van der Waals surface area contributed by atoms with Crippen LogP contribution in [0.3, 0.4) is 0 Å². The van der Waals surface area contributed by atoms with Crippen molar-refractivity contribution >= 4 is 11.9 Å². The van der Waals surface area contributed by atoms with E-state index < -0.39 is 36.6 Å². The van der Waals surface area contributed by atoms with Crippen molar-refractivity contribution in [3.8, 4) is 0 Å². The summed E-state index contributed by atoms with van der Waals surface area (Å²) in [5.41, 5.74) is 0.557. The van der Waals surface area contributed by atoms with Crippen LogP contribution >= 0.6 is 0 Å². The van der Waals surface area contributed by atoms with E-state index in [4.69, 9.17) is 14.2 Å². The highest BCUT2D eigenvalue weighted by molar-refractivity contribution is 5.90. The zero-order valence-corrected chi connectivity index (χ0v) is 13.7. The Bertz CT molecular complexity index is 751. The fourth-order valence-corrected chi connectivity index (χ4v) is 2.56. The maximum Gasteiger partial charge on any atom is 0.338 e. The predicted octanol–water partition coefficient (Wildman–Crippen LogP) is 2.12. The Balaban J connectivity index is 1.63. The molecule has 1 aliphatic rings. The fraction of sp³-hybridized carbons (Fsp3) is 0.263. The van der Waals surface area contributed by atoms with Crippen molar-refractivity contribution in [1.82, 2.24) is 0 Å². The van der Waals surface area contributed by atoms with Gasteiger partial charge in [-0.15, -0.1) is 0 Å². The molecule has 26 heavy (non-hydrogen) atoms. The number of benzene rings is 2. The molecule has 0 spiro atoms. The van der Waals surface area contributed by atoms with Gasteiger partial charge in [0.25, 0.3) is 0 Å². The highest BCUT2D eigenvalue weighted by Crippen LogP contribution is 2.26. The van der Waals surface area contributed by atoms with Crippen molar-refractivity contribution in [2.45, 2.75) is 24.7 Å². The minimum atomic E-state index is -1.94. The summed E-state index contributed by atoms with van der Waals surface area (Å²) in [4.78, 5) is 24.1. The Hall–Kier alpha value is -2.77. The van der Waals surface area contributed by atoms with Crippen molar-refractivity contribution in [3.05, 3.63) is 71.8 Å². The van der Waals surface area contributed by atoms with Crippen LogP contribution < -0.4 is 0 Å². The molecule has 0 bridgehead atoms. The van der Waals surface area contributed by atoms with E-state index in [1.54, 1.807) is 48.5 Å². The van der Waals surface area contributed by atoms with Gasteiger partial charge >= 0.3 is 11.9 Å². The van der Waals surface area contributed by atoms with E-state index >= 15 is 0 Å². The quantitative estimate of drug-likeness (QED) is 0.823. The summed E-state index contributed by atoms with van der Waals surface area (Å²) in [7, 11) is 0. The number of aliphatic hydroxyl groups is 1. The SMILES string of the molecule is O=C(OC[C@H]1O[C@@H](O)[C@@H](F)C1OC(=O)c1ccccc1)c1ccccc1. The molecule has 1 N–H and O–H groups in total. The molecule has 7 heteroatoms. The third kappa shape index (κ3) is 4.07. The fourth-order valence-electron chi connectivity index (χ4n) is 2.56. The average Bonchev–Trinajstić information content (AvgIpc) is 2.95. The first kappa shape index (κ1) is 18.0. The summed E-state index contributed by atoms with van der Waals surface area (Å²) in [5, 5.41) is 9.58. The van der Waals surface area contributed by atoms with Crippen LogP contribution in [0.1, 0.15) is 20.7 Å². The van der Waals surface area contributed by atoms with Crippen LogP contribution in [-0.2, 0) is 14.2 Å². The second-order valence-corrected chi connectivity index (χ2v) is 5.71. The van der Waals surface area contributed by atoms with Crippen LogP contribution in [-0.4, -0.2) is 48.3 Å². The summed E-state index contributed by atoms with van der Waals surface area (Å²) in [5.74, 6) is -1.38. The first-order valence-electron chi connectivity index (χ1n) is 8.02.